The van der Waals surface area contributed by atoms with Crippen LogP contribution in [0.1, 0.15) is 21.5 Å². The number of anilines is 1. The van der Waals surface area contributed by atoms with Crippen molar-refractivity contribution in [3.8, 4) is 5.88 Å². The number of carbonyl (C=O) groups is 1. The number of sulfonamides is 1. The van der Waals surface area contributed by atoms with E-state index in [4.69, 9.17) is 0 Å². The number of aromatic amines is 1. The highest BCUT2D eigenvalue weighted by Crippen LogP contribution is 2.36. The summed E-state index contributed by atoms with van der Waals surface area (Å²) in [5.74, 6) is -1.17. The lowest BCUT2D eigenvalue weighted by Crippen LogP contribution is -2.14. The van der Waals surface area contributed by atoms with Crippen molar-refractivity contribution >= 4 is 38.2 Å². The van der Waals surface area contributed by atoms with Gasteiger partial charge in [-0.05, 0) is 55.5 Å². The summed E-state index contributed by atoms with van der Waals surface area (Å²) in [5, 5.41) is 18.0. The Kier molecular flexibility index (Phi) is 6.07. The SMILES string of the molecule is Cc1ccc2[nH]c(O)c(N=NC(=O)c3cccc(S(=O)(=O)Nc4cccc(C(F)(F)F)c4)c3)c2c1. The Bertz CT molecular complexity index is 1580. The highest BCUT2D eigenvalue weighted by atomic mass is 32.2. The molecule has 4 rings (SSSR count). The predicted molar refractivity (Wildman–Crippen MR) is 122 cm³/mol. The first-order valence-corrected chi connectivity index (χ1v) is 11.5. The van der Waals surface area contributed by atoms with Gasteiger partial charge in [-0.25, -0.2) is 8.42 Å². The number of carbonyl (C=O) groups excluding carboxylic acids is 1. The summed E-state index contributed by atoms with van der Waals surface area (Å²) in [7, 11) is -4.32. The number of fused-ring (bicyclic) bond motifs is 1. The molecule has 12 heteroatoms. The third kappa shape index (κ3) is 5.17. The highest BCUT2D eigenvalue weighted by Gasteiger charge is 2.30. The van der Waals surface area contributed by atoms with Crippen molar-refractivity contribution in [3.63, 3.8) is 0 Å². The molecule has 4 aromatic rings. The van der Waals surface area contributed by atoms with E-state index in [-0.39, 0.29) is 27.7 Å². The van der Waals surface area contributed by atoms with Gasteiger partial charge in [0.15, 0.2) is 5.69 Å². The topological polar surface area (TPSA) is 124 Å². The number of hydrogen-bond acceptors (Lipinski definition) is 5. The molecular weight excluding hydrogens is 485 g/mol. The standard InChI is InChI=1S/C23H17F3N4O4S/c1-13-8-9-19-18(10-13)20(22(32)27-19)28-29-21(31)14-4-2-7-17(11-14)35(33,34)30-16-6-3-5-15(12-16)23(24,25)26/h2-12,27,30,32H,1H3. The number of amides is 1. The van der Waals surface area contributed by atoms with Gasteiger partial charge in [0, 0.05) is 16.6 Å². The summed E-state index contributed by atoms with van der Waals surface area (Å²) in [4.78, 5) is 14.9. The third-order valence-electron chi connectivity index (χ3n) is 4.98. The average molecular weight is 502 g/mol. The predicted octanol–water partition coefficient (Wildman–Crippen LogP) is 5.93. The van der Waals surface area contributed by atoms with Crippen LogP contribution >= 0.6 is 0 Å². The van der Waals surface area contributed by atoms with E-state index in [0.717, 1.165) is 23.8 Å². The van der Waals surface area contributed by atoms with E-state index in [1.165, 1.54) is 24.3 Å². The number of benzene rings is 3. The van der Waals surface area contributed by atoms with Gasteiger partial charge in [0.05, 0.1) is 16.0 Å². The number of halogens is 3. The number of rotatable bonds is 5. The average Bonchev–Trinajstić information content (AvgIpc) is 3.11. The van der Waals surface area contributed by atoms with E-state index >= 15 is 0 Å². The van der Waals surface area contributed by atoms with E-state index < -0.39 is 27.7 Å². The number of aromatic hydroxyl groups is 1. The second kappa shape index (κ2) is 8.87. The Hall–Kier alpha value is -4.19. The number of alkyl halides is 3. The second-order valence-corrected chi connectivity index (χ2v) is 9.27. The number of azo groups is 1. The van der Waals surface area contributed by atoms with Crippen LogP contribution in [0.4, 0.5) is 24.5 Å². The van der Waals surface area contributed by atoms with Crippen LogP contribution in [-0.4, -0.2) is 24.4 Å². The number of aryl methyl sites for hydroxylation is 1. The van der Waals surface area contributed by atoms with Crippen molar-refractivity contribution in [3.05, 3.63) is 83.4 Å². The van der Waals surface area contributed by atoms with Crippen molar-refractivity contribution in [2.24, 2.45) is 10.2 Å². The Morgan fingerprint density at radius 1 is 1.03 bits per heavy atom. The molecule has 180 valence electrons. The Balaban J connectivity index is 1.59. The monoisotopic (exact) mass is 502 g/mol. The first-order chi connectivity index (χ1) is 16.4. The summed E-state index contributed by atoms with van der Waals surface area (Å²) in [6, 6.07) is 13.8. The molecule has 0 saturated carbocycles. The zero-order valence-electron chi connectivity index (χ0n) is 18.0. The molecule has 0 unspecified atom stereocenters. The maximum Gasteiger partial charge on any atom is 0.416 e. The number of aromatic nitrogens is 1. The summed E-state index contributed by atoms with van der Waals surface area (Å²) in [6.07, 6.45) is -4.64. The van der Waals surface area contributed by atoms with E-state index in [9.17, 15) is 31.5 Å². The summed E-state index contributed by atoms with van der Waals surface area (Å²) in [6.45, 7) is 1.84. The molecular formula is C23H17F3N4O4S. The first-order valence-electron chi connectivity index (χ1n) is 10.0. The lowest BCUT2D eigenvalue weighted by atomic mass is 10.1. The van der Waals surface area contributed by atoms with E-state index in [0.29, 0.717) is 17.0 Å². The van der Waals surface area contributed by atoms with Crippen LogP contribution < -0.4 is 4.72 Å². The highest BCUT2D eigenvalue weighted by molar-refractivity contribution is 7.92. The normalized spacial score (nSPS) is 12.3. The molecule has 8 nitrogen and oxygen atoms in total. The molecule has 1 amide bonds. The third-order valence-corrected chi connectivity index (χ3v) is 6.36. The molecule has 0 bridgehead atoms. The Morgan fingerprint density at radius 2 is 1.77 bits per heavy atom. The smallest absolute Gasteiger partial charge is 0.416 e. The zero-order valence-corrected chi connectivity index (χ0v) is 18.8. The lowest BCUT2D eigenvalue weighted by Gasteiger charge is -2.11. The Labute approximate surface area is 197 Å². The van der Waals surface area contributed by atoms with Gasteiger partial charge in [0.2, 0.25) is 5.88 Å². The number of nitrogens with zero attached hydrogens (tertiary/aromatic N) is 2. The molecule has 0 spiro atoms. The summed E-state index contributed by atoms with van der Waals surface area (Å²) >= 11 is 0. The van der Waals surface area contributed by atoms with Crippen molar-refractivity contribution in [2.75, 3.05) is 4.72 Å². The molecule has 0 aliphatic carbocycles. The molecule has 0 radical (unpaired) electrons. The van der Waals surface area contributed by atoms with Crippen molar-refractivity contribution in [1.82, 2.24) is 4.98 Å². The van der Waals surface area contributed by atoms with Crippen LogP contribution in [0.25, 0.3) is 10.9 Å². The van der Waals surface area contributed by atoms with E-state index in [1.807, 2.05) is 13.0 Å². The molecule has 0 saturated heterocycles. The quantitative estimate of drug-likeness (QED) is 0.293. The van der Waals surface area contributed by atoms with Gasteiger partial charge in [-0.1, -0.05) is 23.8 Å². The van der Waals surface area contributed by atoms with E-state index in [1.54, 1.807) is 12.1 Å². The van der Waals surface area contributed by atoms with Crippen LogP contribution in [0.15, 0.2) is 81.9 Å². The fourth-order valence-electron chi connectivity index (χ4n) is 3.30. The van der Waals surface area contributed by atoms with E-state index in [2.05, 4.69) is 19.9 Å². The number of nitrogens with one attached hydrogen (secondary N) is 2. The summed E-state index contributed by atoms with van der Waals surface area (Å²) < 4.78 is 66.2. The fourth-order valence-corrected chi connectivity index (χ4v) is 4.40. The molecule has 3 N–H and O–H groups in total. The van der Waals surface area contributed by atoms with Gasteiger partial charge >= 0.3 is 6.18 Å². The van der Waals surface area contributed by atoms with Gasteiger partial charge in [0.25, 0.3) is 15.9 Å². The molecule has 0 fully saturated rings. The first kappa shape index (κ1) is 24.0. The number of H-pyrrole nitrogens is 1. The molecule has 0 atom stereocenters. The van der Waals surface area contributed by atoms with Crippen LogP contribution in [0.3, 0.4) is 0 Å². The van der Waals surface area contributed by atoms with Crippen LogP contribution in [-0.2, 0) is 16.2 Å². The fraction of sp³-hybridized carbons (Fsp3) is 0.0870. The molecule has 1 aromatic heterocycles. The molecule has 0 aliphatic heterocycles. The van der Waals surface area contributed by atoms with Gasteiger partial charge in [-0.2, -0.15) is 13.2 Å². The Morgan fingerprint density at radius 3 is 2.51 bits per heavy atom. The van der Waals surface area contributed by atoms with Gasteiger partial charge < -0.3 is 10.1 Å². The molecule has 3 aromatic carbocycles. The van der Waals surface area contributed by atoms with Gasteiger partial charge in [0.1, 0.15) is 0 Å². The van der Waals surface area contributed by atoms with Crippen LogP contribution in [0.2, 0.25) is 0 Å². The lowest BCUT2D eigenvalue weighted by molar-refractivity contribution is -0.137. The zero-order chi connectivity index (χ0) is 25.4. The molecule has 35 heavy (non-hydrogen) atoms. The maximum atomic E-state index is 12.9. The van der Waals surface area contributed by atoms with Crippen LogP contribution in [0.5, 0.6) is 5.88 Å². The number of hydrogen-bond donors (Lipinski definition) is 3. The van der Waals surface area contributed by atoms with Gasteiger partial charge in [-0.3, -0.25) is 9.52 Å². The largest absolute Gasteiger partial charge is 0.493 e. The molecule has 0 aliphatic rings. The maximum absolute atomic E-state index is 12.9. The summed E-state index contributed by atoms with van der Waals surface area (Å²) in [5.41, 5.74) is 0.0936. The minimum atomic E-state index is -4.64. The minimum Gasteiger partial charge on any atom is -0.493 e. The molecule has 1 heterocycles. The second-order valence-electron chi connectivity index (χ2n) is 7.59. The van der Waals surface area contributed by atoms with Crippen LogP contribution in [0, 0.1) is 6.92 Å². The van der Waals surface area contributed by atoms with Crippen molar-refractivity contribution in [1.29, 1.82) is 0 Å². The minimum absolute atomic E-state index is 0.0482. The van der Waals surface area contributed by atoms with Crippen molar-refractivity contribution < 1.29 is 31.5 Å². The van der Waals surface area contributed by atoms with Crippen molar-refractivity contribution in [2.45, 2.75) is 18.0 Å². The van der Waals surface area contributed by atoms with Gasteiger partial charge in [-0.15, -0.1) is 10.2 Å².